The van der Waals surface area contributed by atoms with Crippen molar-refractivity contribution in [3.63, 3.8) is 0 Å². The molecule has 1 atom stereocenters. The van der Waals surface area contributed by atoms with Crippen LogP contribution in [0.1, 0.15) is 12.5 Å². The van der Waals surface area contributed by atoms with Crippen molar-refractivity contribution in [1.82, 2.24) is 10.6 Å². The second-order valence-corrected chi connectivity index (χ2v) is 3.58. The number of halogens is 1. The van der Waals surface area contributed by atoms with Crippen LogP contribution in [0.4, 0.5) is 9.18 Å². The number of nitrogens with zero attached hydrogens (tertiary/aromatic N) is 1. The van der Waals surface area contributed by atoms with E-state index in [1.54, 1.807) is 6.07 Å². The Balaban J connectivity index is 2.69. The SMILES string of the molecule is CNC(=O)NC(=O)C(C)Oc1ccc(C#N)c(F)c1. The predicted octanol–water partition coefficient (Wildman–Crippen LogP) is 0.920. The Morgan fingerprint density at radius 2 is 2.16 bits per heavy atom. The summed E-state index contributed by atoms with van der Waals surface area (Å²) in [6.07, 6.45) is -0.982. The average molecular weight is 265 g/mol. The highest BCUT2D eigenvalue weighted by atomic mass is 19.1. The lowest BCUT2D eigenvalue weighted by Gasteiger charge is -2.14. The number of amides is 3. The van der Waals surface area contributed by atoms with Gasteiger partial charge in [0.2, 0.25) is 0 Å². The van der Waals surface area contributed by atoms with Crippen molar-refractivity contribution in [2.24, 2.45) is 0 Å². The van der Waals surface area contributed by atoms with Gasteiger partial charge in [-0.05, 0) is 19.1 Å². The lowest BCUT2D eigenvalue weighted by Crippen LogP contribution is -2.43. The summed E-state index contributed by atoms with van der Waals surface area (Å²) < 4.78 is 18.5. The van der Waals surface area contributed by atoms with Crippen LogP contribution in [-0.4, -0.2) is 25.1 Å². The Hall–Kier alpha value is -2.62. The molecule has 100 valence electrons. The zero-order chi connectivity index (χ0) is 14.4. The number of carbonyl (C=O) groups is 2. The molecule has 1 unspecified atom stereocenters. The van der Waals surface area contributed by atoms with E-state index in [9.17, 15) is 14.0 Å². The fourth-order valence-electron chi connectivity index (χ4n) is 1.19. The largest absolute Gasteiger partial charge is 0.481 e. The van der Waals surface area contributed by atoms with Crippen LogP contribution in [0.25, 0.3) is 0 Å². The van der Waals surface area contributed by atoms with Gasteiger partial charge in [-0.3, -0.25) is 10.1 Å². The van der Waals surface area contributed by atoms with Gasteiger partial charge in [0, 0.05) is 13.1 Å². The first-order valence-corrected chi connectivity index (χ1v) is 5.36. The highest BCUT2D eigenvalue weighted by Crippen LogP contribution is 2.17. The third-order valence-corrected chi connectivity index (χ3v) is 2.21. The van der Waals surface area contributed by atoms with Crippen LogP contribution in [0.5, 0.6) is 5.75 Å². The van der Waals surface area contributed by atoms with Gasteiger partial charge < -0.3 is 10.1 Å². The molecule has 1 rings (SSSR count). The Morgan fingerprint density at radius 3 is 2.68 bits per heavy atom. The Kier molecular flexibility index (Phi) is 4.83. The molecule has 0 spiro atoms. The standard InChI is InChI=1S/C12H12FN3O3/c1-7(11(17)16-12(18)15-2)19-9-4-3-8(6-14)10(13)5-9/h3-5,7H,1-2H3,(H2,15,16,17,18). The molecule has 1 aromatic rings. The van der Waals surface area contributed by atoms with Crippen LogP contribution in [-0.2, 0) is 4.79 Å². The van der Waals surface area contributed by atoms with E-state index in [0.717, 1.165) is 6.07 Å². The minimum absolute atomic E-state index is 0.0936. The molecule has 2 N–H and O–H groups in total. The van der Waals surface area contributed by atoms with E-state index >= 15 is 0 Å². The number of urea groups is 1. The van der Waals surface area contributed by atoms with E-state index in [1.165, 1.54) is 26.1 Å². The maximum atomic E-state index is 13.3. The smallest absolute Gasteiger partial charge is 0.321 e. The number of hydrogen-bond acceptors (Lipinski definition) is 4. The van der Waals surface area contributed by atoms with Gasteiger partial charge in [0.05, 0.1) is 5.56 Å². The molecule has 0 aliphatic rings. The first-order chi connectivity index (χ1) is 8.97. The third-order valence-electron chi connectivity index (χ3n) is 2.21. The number of ether oxygens (including phenoxy) is 1. The van der Waals surface area contributed by atoms with E-state index in [4.69, 9.17) is 10.00 Å². The number of hydrogen-bond donors (Lipinski definition) is 2. The van der Waals surface area contributed by atoms with Gasteiger partial charge in [0.1, 0.15) is 17.6 Å². The highest BCUT2D eigenvalue weighted by Gasteiger charge is 2.17. The van der Waals surface area contributed by atoms with Crippen molar-refractivity contribution in [1.29, 1.82) is 5.26 Å². The van der Waals surface area contributed by atoms with Crippen molar-refractivity contribution in [2.75, 3.05) is 7.05 Å². The monoisotopic (exact) mass is 265 g/mol. The molecule has 0 aliphatic heterocycles. The molecule has 0 bridgehead atoms. The second kappa shape index (κ2) is 6.35. The zero-order valence-electron chi connectivity index (χ0n) is 10.4. The molecule has 7 heteroatoms. The minimum Gasteiger partial charge on any atom is -0.481 e. The summed E-state index contributed by atoms with van der Waals surface area (Å²) >= 11 is 0. The van der Waals surface area contributed by atoms with E-state index in [0.29, 0.717) is 0 Å². The lowest BCUT2D eigenvalue weighted by atomic mass is 10.2. The Bertz CT molecular complexity index is 540. The zero-order valence-corrected chi connectivity index (χ0v) is 10.4. The highest BCUT2D eigenvalue weighted by molar-refractivity contribution is 5.96. The van der Waals surface area contributed by atoms with Gasteiger partial charge in [0.15, 0.2) is 6.10 Å². The fourth-order valence-corrected chi connectivity index (χ4v) is 1.19. The Labute approximate surface area is 109 Å². The van der Waals surface area contributed by atoms with Crippen molar-refractivity contribution in [3.05, 3.63) is 29.6 Å². The van der Waals surface area contributed by atoms with Crippen molar-refractivity contribution < 1.29 is 18.7 Å². The van der Waals surface area contributed by atoms with Gasteiger partial charge in [0.25, 0.3) is 5.91 Å². The number of rotatable bonds is 3. The molecule has 19 heavy (non-hydrogen) atoms. The fraction of sp³-hybridized carbons (Fsp3) is 0.250. The molecular formula is C12H12FN3O3. The molecule has 3 amide bonds. The van der Waals surface area contributed by atoms with E-state index in [2.05, 4.69) is 5.32 Å². The maximum absolute atomic E-state index is 13.3. The molecule has 0 heterocycles. The van der Waals surface area contributed by atoms with E-state index < -0.39 is 23.9 Å². The first-order valence-electron chi connectivity index (χ1n) is 5.36. The molecule has 0 aromatic heterocycles. The van der Waals surface area contributed by atoms with E-state index in [-0.39, 0.29) is 11.3 Å². The molecule has 6 nitrogen and oxygen atoms in total. The summed E-state index contributed by atoms with van der Waals surface area (Å²) in [5.41, 5.74) is -0.116. The van der Waals surface area contributed by atoms with Gasteiger partial charge in [-0.1, -0.05) is 0 Å². The molecule has 1 aromatic carbocycles. The van der Waals surface area contributed by atoms with Crippen LogP contribution in [0.2, 0.25) is 0 Å². The van der Waals surface area contributed by atoms with E-state index in [1.807, 2.05) is 5.32 Å². The topological polar surface area (TPSA) is 91.2 Å². The van der Waals surface area contributed by atoms with Crippen LogP contribution in [0.3, 0.4) is 0 Å². The van der Waals surface area contributed by atoms with Crippen molar-refractivity contribution >= 4 is 11.9 Å². The summed E-state index contributed by atoms with van der Waals surface area (Å²) in [6, 6.07) is 4.62. The molecule has 0 fully saturated rings. The van der Waals surface area contributed by atoms with Crippen LogP contribution in [0, 0.1) is 17.1 Å². The number of benzene rings is 1. The summed E-state index contributed by atoms with van der Waals surface area (Å²) in [4.78, 5) is 22.4. The molecule has 0 saturated carbocycles. The molecule has 0 saturated heterocycles. The number of imide groups is 1. The number of carbonyl (C=O) groups excluding carboxylic acids is 2. The van der Waals surface area contributed by atoms with Crippen molar-refractivity contribution in [3.8, 4) is 11.8 Å². The quantitative estimate of drug-likeness (QED) is 0.850. The summed E-state index contributed by atoms with van der Waals surface area (Å²) in [5.74, 6) is -1.31. The van der Waals surface area contributed by atoms with Gasteiger partial charge in [-0.2, -0.15) is 5.26 Å². The second-order valence-electron chi connectivity index (χ2n) is 3.58. The molecule has 0 radical (unpaired) electrons. The lowest BCUT2D eigenvalue weighted by molar-refractivity contribution is -0.126. The average Bonchev–Trinajstić information content (AvgIpc) is 2.38. The Morgan fingerprint density at radius 1 is 1.47 bits per heavy atom. The summed E-state index contributed by atoms with van der Waals surface area (Å²) in [6.45, 7) is 1.41. The van der Waals surface area contributed by atoms with Crippen LogP contribution < -0.4 is 15.4 Å². The first kappa shape index (κ1) is 14.4. The third kappa shape index (κ3) is 3.96. The van der Waals surface area contributed by atoms with Crippen molar-refractivity contribution in [2.45, 2.75) is 13.0 Å². The molecular weight excluding hydrogens is 253 g/mol. The van der Waals surface area contributed by atoms with Gasteiger partial charge in [-0.15, -0.1) is 0 Å². The summed E-state index contributed by atoms with van der Waals surface area (Å²) in [7, 11) is 1.37. The number of nitriles is 1. The molecule has 0 aliphatic carbocycles. The van der Waals surface area contributed by atoms with Gasteiger partial charge in [-0.25, -0.2) is 9.18 Å². The van der Waals surface area contributed by atoms with Crippen LogP contribution >= 0.6 is 0 Å². The summed E-state index contributed by atoms with van der Waals surface area (Å²) in [5, 5.41) is 12.8. The predicted molar refractivity (Wildman–Crippen MR) is 63.8 cm³/mol. The van der Waals surface area contributed by atoms with Gasteiger partial charge >= 0.3 is 6.03 Å². The maximum Gasteiger partial charge on any atom is 0.321 e. The minimum atomic E-state index is -0.982. The normalized spacial score (nSPS) is 11.1. The van der Waals surface area contributed by atoms with Crippen LogP contribution in [0.15, 0.2) is 18.2 Å². The number of nitrogens with one attached hydrogen (secondary N) is 2.